The molecule has 1 aromatic heterocycles. The number of nitrogens with one attached hydrogen (secondary N) is 1. The maximum atomic E-state index is 12.1. The van der Waals surface area contributed by atoms with E-state index in [-0.39, 0.29) is 17.5 Å². The summed E-state index contributed by atoms with van der Waals surface area (Å²) in [5, 5.41) is 2.77. The van der Waals surface area contributed by atoms with Crippen LogP contribution in [-0.2, 0) is 9.53 Å². The normalized spacial score (nSPS) is 11.0. The van der Waals surface area contributed by atoms with Gasteiger partial charge in [0.1, 0.15) is 0 Å². The Morgan fingerprint density at radius 2 is 1.72 bits per heavy atom. The SMILES string of the molecule is CC(C)(C)C(=O)Nc1ccc(C(=O)COC(=O)c2ccc(Br)o2)cc1. The molecular weight excluding hydrogens is 390 g/mol. The minimum atomic E-state index is -0.715. The molecule has 2 rings (SSSR count). The van der Waals surface area contributed by atoms with Crippen molar-refractivity contribution in [1.82, 2.24) is 0 Å². The number of halogens is 1. The van der Waals surface area contributed by atoms with E-state index in [1.165, 1.54) is 6.07 Å². The van der Waals surface area contributed by atoms with E-state index in [4.69, 9.17) is 9.15 Å². The average molecular weight is 408 g/mol. The van der Waals surface area contributed by atoms with Gasteiger partial charge in [0.05, 0.1) is 0 Å². The molecule has 0 radical (unpaired) electrons. The van der Waals surface area contributed by atoms with E-state index in [0.717, 1.165) is 0 Å². The molecule has 2 aromatic rings. The fourth-order valence-electron chi connectivity index (χ4n) is 1.77. The van der Waals surface area contributed by atoms with E-state index in [1.807, 2.05) is 20.8 Å². The summed E-state index contributed by atoms with van der Waals surface area (Å²) in [5.74, 6) is -1.18. The van der Waals surface area contributed by atoms with Crippen molar-refractivity contribution in [2.24, 2.45) is 5.41 Å². The van der Waals surface area contributed by atoms with Crippen LogP contribution in [0.2, 0.25) is 0 Å². The quantitative estimate of drug-likeness (QED) is 0.596. The lowest BCUT2D eigenvalue weighted by atomic mass is 9.95. The Morgan fingerprint density at radius 1 is 1.08 bits per heavy atom. The van der Waals surface area contributed by atoms with Gasteiger partial charge in [0.15, 0.2) is 17.1 Å². The number of anilines is 1. The van der Waals surface area contributed by atoms with Gasteiger partial charge in [-0.15, -0.1) is 0 Å². The number of carbonyl (C=O) groups excluding carboxylic acids is 3. The van der Waals surface area contributed by atoms with E-state index in [1.54, 1.807) is 30.3 Å². The Morgan fingerprint density at radius 3 is 2.24 bits per heavy atom. The molecule has 0 aliphatic carbocycles. The Hall–Kier alpha value is -2.41. The van der Waals surface area contributed by atoms with Crippen LogP contribution in [0.3, 0.4) is 0 Å². The first kappa shape index (κ1) is 18.9. The number of amides is 1. The summed E-state index contributed by atoms with van der Waals surface area (Å²) in [6, 6.07) is 9.40. The predicted molar refractivity (Wildman–Crippen MR) is 95.5 cm³/mol. The molecule has 0 bridgehead atoms. The van der Waals surface area contributed by atoms with Crippen molar-refractivity contribution in [2.45, 2.75) is 20.8 Å². The summed E-state index contributed by atoms with van der Waals surface area (Å²) in [6.45, 7) is 5.04. The number of Topliss-reactive ketones (excluding diaryl/α,β-unsaturated/α-hetero) is 1. The number of ether oxygens (including phenoxy) is 1. The van der Waals surface area contributed by atoms with E-state index >= 15 is 0 Å². The van der Waals surface area contributed by atoms with Gasteiger partial charge >= 0.3 is 5.97 Å². The summed E-state index contributed by atoms with van der Waals surface area (Å²) in [6.07, 6.45) is 0. The highest BCUT2D eigenvalue weighted by molar-refractivity contribution is 9.10. The van der Waals surface area contributed by atoms with Gasteiger partial charge in [-0.05, 0) is 52.3 Å². The summed E-state index contributed by atoms with van der Waals surface area (Å²) in [4.78, 5) is 35.7. The van der Waals surface area contributed by atoms with Crippen LogP contribution in [0.1, 0.15) is 41.7 Å². The second-order valence-electron chi connectivity index (χ2n) is 6.38. The molecule has 0 saturated heterocycles. The van der Waals surface area contributed by atoms with E-state index in [0.29, 0.717) is 15.9 Å². The van der Waals surface area contributed by atoms with Crippen LogP contribution < -0.4 is 5.32 Å². The summed E-state index contributed by atoms with van der Waals surface area (Å²) >= 11 is 3.08. The molecule has 0 saturated carbocycles. The highest BCUT2D eigenvalue weighted by Gasteiger charge is 2.21. The van der Waals surface area contributed by atoms with Crippen LogP contribution in [0.4, 0.5) is 5.69 Å². The minimum Gasteiger partial charge on any atom is -0.451 e. The van der Waals surface area contributed by atoms with Crippen LogP contribution in [0.25, 0.3) is 0 Å². The Balaban J connectivity index is 1.92. The number of benzene rings is 1. The van der Waals surface area contributed by atoms with E-state index < -0.39 is 18.0 Å². The molecule has 0 aliphatic rings. The first-order chi connectivity index (χ1) is 11.7. The lowest BCUT2D eigenvalue weighted by Gasteiger charge is -2.17. The van der Waals surface area contributed by atoms with Gasteiger partial charge in [-0.3, -0.25) is 9.59 Å². The predicted octanol–water partition coefficient (Wildman–Crippen LogP) is 4.07. The number of ketones is 1. The zero-order valence-electron chi connectivity index (χ0n) is 14.1. The molecule has 1 aromatic carbocycles. The average Bonchev–Trinajstić information content (AvgIpc) is 2.98. The summed E-state index contributed by atoms with van der Waals surface area (Å²) in [7, 11) is 0. The zero-order valence-corrected chi connectivity index (χ0v) is 15.7. The number of carbonyl (C=O) groups is 3. The topological polar surface area (TPSA) is 85.6 Å². The highest BCUT2D eigenvalue weighted by Crippen LogP contribution is 2.18. The van der Waals surface area contributed by atoms with Crippen molar-refractivity contribution >= 4 is 39.3 Å². The second-order valence-corrected chi connectivity index (χ2v) is 7.17. The number of furan rings is 1. The number of hydrogen-bond donors (Lipinski definition) is 1. The first-order valence-electron chi connectivity index (χ1n) is 7.54. The fourth-order valence-corrected chi connectivity index (χ4v) is 2.07. The molecular formula is C18H18BrNO5. The second kappa shape index (κ2) is 7.65. The van der Waals surface area contributed by atoms with E-state index in [9.17, 15) is 14.4 Å². The molecule has 0 aliphatic heterocycles. The van der Waals surface area contributed by atoms with Gasteiger partial charge in [-0.1, -0.05) is 20.8 Å². The maximum absolute atomic E-state index is 12.1. The van der Waals surface area contributed by atoms with Gasteiger partial charge in [0.2, 0.25) is 11.7 Å². The van der Waals surface area contributed by atoms with Crippen molar-refractivity contribution in [3.8, 4) is 0 Å². The Kier molecular flexibility index (Phi) is 5.79. The Bertz CT molecular complexity index is 787. The molecule has 0 unspecified atom stereocenters. The fraction of sp³-hybridized carbons (Fsp3) is 0.278. The lowest BCUT2D eigenvalue weighted by Crippen LogP contribution is -2.27. The largest absolute Gasteiger partial charge is 0.451 e. The third-order valence-electron chi connectivity index (χ3n) is 3.25. The molecule has 0 fully saturated rings. The third-order valence-corrected chi connectivity index (χ3v) is 3.68. The zero-order chi connectivity index (χ0) is 18.6. The summed E-state index contributed by atoms with van der Waals surface area (Å²) in [5.41, 5.74) is 0.458. The van der Waals surface area contributed by atoms with Crippen LogP contribution in [0.5, 0.6) is 0 Å². The van der Waals surface area contributed by atoms with Crippen LogP contribution >= 0.6 is 15.9 Å². The van der Waals surface area contributed by atoms with Crippen LogP contribution in [0.15, 0.2) is 45.5 Å². The molecule has 0 atom stereocenters. The molecule has 1 amide bonds. The van der Waals surface area contributed by atoms with E-state index in [2.05, 4.69) is 21.2 Å². The standard InChI is InChI=1S/C18H18BrNO5/c1-18(2,3)17(23)20-12-6-4-11(5-7-12)13(21)10-24-16(22)14-8-9-15(19)25-14/h4-9H,10H2,1-3H3,(H,20,23). The number of rotatable bonds is 5. The molecule has 25 heavy (non-hydrogen) atoms. The molecule has 1 heterocycles. The van der Waals surface area contributed by atoms with Crippen molar-refractivity contribution in [3.05, 3.63) is 52.4 Å². The first-order valence-corrected chi connectivity index (χ1v) is 8.33. The third kappa shape index (κ3) is 5.29. The van der Waals surface area contributed by atoms with Crippen molar-refractivity contribution in [1.29, 1.82) is 0 Å². The van der Waals surface area contributed by atoms with Crippen molar-refractivity contribution < 1.29 is 23.5 Å². The molecule has 0 spiro atoms. The Labute approximate surface area is 153 Å². The number of esters is 1. The van der Waals surface area contributed by atoms with Gasteiger partial charge < -0.3 is 14.5 Å². The van der Waals surface area contributed by atoms with Crippen molar-refractivity contribution in [3.63, 3.8) is 0 Å². The van der Waals surface area contributed by atoms with Gasteiger partial charge in [0, 0.05) is 16.7 Å². The highest BCUT2D eigenvalue weighted by atomic mass is 79.9. The van der Waals surface area contributed by atoms with Crippen molar-refractivity contribution in [2.75, 3.05) is 11.9 Å². The molecule has 1 N–H and O–H groups in total. The molecule has 7 heteroatoms. The number of hydrogen-bond acceptors (Lipinski definition) is 5. The minimum absolute atomic E-state index is 0.0138. The monoisotopic (exact) mass is 407 g/mol. The van der Waals surface area contributed by atoms with Crippen LogP contribution in [0, 0.1) is 5.41 Å². The van der Waals surface area contributed by atoms with Gasteiger partial charge in [-0.2, -0.15) is 0 Å². The molecule has 6 nitrogen and oxygen atoms in total. The summed E-state index contributed by atoms with van der Waals surface area (Å²) < 4.78 is 10.4. The molecule has 132 valence electrons. The maximum Gasteiger partial charge on any atom is 0.374 e. The van der Waals surface area contributed by atoms with Gasteiger partial charge in [-0.25, -0.2) is 4.79 Å². The van der Waals surface area contributed by atoms with Gasteiger partial charge in [0.25, 0.3) is 0 Å². The lowest BCUT2D eigenvalue weighted by molar-refractivity contribution is -0.123. The van der Waals surface area contributed by atoms with Crippen LogP contribution in [-0.4, -0.2) is 24.3 Å². The smallest absolute Gasteiger partial charge is 0.374 e.